The van der Waals surface area contributed by atoms with Gasteiger partial charge in [-0.15, -0.1) is 0 Å². The number of likely N-dealkylation sites (N-methyl/N-ethyl adjacent to an activating group) is 1. The molecule has 2 aromatic rings. The number of carbonyl (C=O) groups is 2. The number of aromatic amines is 1. The van der Waals surface area contributed by atoms with Gasteiger partial charge in [0.1, 0.15) is 17.2 Å². The number of fused-ring (bicyclic) bond motifs is 3. The van der Waals surface area contributed by atoms with Gasteiger partial charge in [-0.3, -0.25) is 14.6 Å². The maximum atomic E-state index is 13.9. The molecule has 2 unspecified atom stereocenters. The lowest BCUT2D eigenvalue weighted by atomic mass is 10.0. The van der Waals surface area contributed by atoms with Crippen LogP contribution in [0, 0.1) is 5.82 Å². The first-order valence-corrected chi connectivity index (χ1v) is 11.6. The number of aromatic nitrogens is 2. The van der Waals surface area contributed by atoms with Gasteiger partial charge in [-0.05, 0) is 50.8 Å². The third kappa shape index (κ3) is 4.48. The molecule has 1 aromatic heterocycles. The maximum Gasteiger partial charge on any atom is 0.331 e. The van der Waals surface area contributed by atoms with Gasteiger partial charge in [-0.25, -0.2) is 14.2 Å². The molecule has 2 aliphatic rings. The number of hydrogen-bond acceptors (Lipinski definition) is 6. The van der Waals surface area contributed by atoms with Crippen molar-refractivity contribution in [1.82, 2.24) is 24.7 Å². The quantitative estimate of drug-likeness (QED) is 0.640. The van der Waals surface area contributed by atoms with Crippen LogP contribution in [-0.2, 0) is 27.3 Å². The van der Waals surface area contributed by atoms with Crippen LogP contribution in [0.1, 0.15) is 45.0 Å². The lowest BCUT2D eigenvalue weighted by molar-refractivity contribution is -0.159. The van der Waals surface area contributed by atoms with Gasteiger partial charge in [-0.2, -0.15) is 0 Å². The number of amides is 1. The van der Waals surface area contributed by atoms with Crippen LogP contribution in [0.25, 0.3) is 11.0 Å². The molecule has 2 aliphatic heterocycles. The number of ether oxygens (including phenoxy) is 1. The second kappa shape index (κ2) is 9.02. The van der Waals surface area contributed by atoms with Crippen LogP contribution in [0.2, 0.25) is 0 Å². The molecule has 0 spiro atoms. The Morgan fingerprint density at radius 1 is 1.27 bits per heavy atom. The molecule has 1 N–H and O–H groups in total. The minimum atomic E-state index is -1.01. The Hall–Kier alpha value is -2.52. The largest absolute Gasteiger partial charge is 0.467 e. The summed E-state index contributed by atoms with van der Waals surface area (Å²) in [6.45, 7) is 8.07. The molecule has 1 amide bonds. The topological polar surface area (TPSA) is 81.8 Å². The molecule has 180 valence electrons. The van der Waals surface area contributed by atoms with E-state index >= 15 is 0 Å². The number of hydrogen-bond donors (Lipinski definition) is 1. The molecule has 33 heavy (non-hydrogen) atoms. The van der Waals surface area contributed by atoms with Crippen LogP contribution in [0.4, 0.5) is 4.39 Å². The van der Waals surface area contributed by atoms with E-state index in [4.69, 9.17) is 9.72 Å². The van der Waals surface area contributed by atoms with Crippen LogP contribution >= 0.6 is 0 Å². The molecule has 0 radical (unpaired) electrons. The van der Waals surface area contributed by atoms with E-state index in [2.05, 4.69) is 14.8 Å². The van der Waals surface area contributed by atoms with Gasteiger partial charge in [-0.1, -0.05) is 6.92 Å². The summed E-state index contributed by atoms with van der Waals surface area (Å²) in [5, 5.41) is 0. The Labute approximate surface area is 194 Å². The van der Waals surface area contributed by atoms with Crippen molar-refractivity contribution < 1.29 is 18.7 Å². The van der Waals surface area contributed by atoms with E-state index in [1.165, 1.54) is 18.1 Å². The van der Waals surface area contributed by atoms with Crippen LogP contribution < -0.4 is 0 Å². The fraction of sp³-hybridized carbons (Fsp3) is 0.625. The standard InChI is InChI=1S/C24H34FN5O3/c1-6-15-9-16(25)10-19-22(15)27-20(26-19)13-29-11-17-7-8-18(12-29)30(17)14-21(31)28(4)24(2,3)23(32)33-5/h9-10,17-18H,6-8,11-14H2,1-5H3,(H,26,27). The van der Waals surface area contributed by atoms with E-state index in [0.717, 1.165) is 54.8 Å². The number of methoxy groups -OCH3 is 1. The minimum absolute atomic E-state index is 0.0813. The first kappa shape index (κ1) is 23.6. The summed E-state index contributed by atoms with van der Waals surface area (Å²) in [4.78, 5) is 39.2. The number of nitrogens with one attached hydrogen (secondary N) is 1. The highest BCUT2D eigenvalue weighted by Gasteiger charge is 2.43. The van der Waals surface area contributed by atoms with Crippen molar-refractivity contribution >= 4 is 22.9 Å². The van der Waals surface area contributed by atoms with E-state index in [1.54, 1.807) is 27.0 Å². The summed E-state index contributed by atoms with van der Waals surface area (Å²) < 4.78 is 18.7. The molecule has 2 atom stereocenters. The number of aryl methyl sites for hydroxylation is 1. The number of carbonyl (C=O) groups excluding carboxylic acids is 2. The predicted molar refractivity (Wildman–Crippen MR) is 123 cm³/mol. The van der Waals surface area contributed by atoms with Crippen LogP contribution in [-0.4, -0.2) is 88.0 Å². The summed E-state index contributed by atoms with van der Waals surface area (Å²) in [5.74, 6) is 0.0882. The van der Waals surface area contributed by atoms with E-state index in [1.807, 2.05) is 6.92 Å². The maximum absolute atomic E-state index is 13.9. The first-order valence-electron chi connectivity index (χ1n) is 11.6. The molecule has 1 aromatic carbocycles. The zero-order chi connectivity index (χ0) is 23.9. The number of rotatable bonds is 7. The van der Waals surface area contributed by atoms with E-state index in [0.29, 0.717) is 13.1 Å². The molecule has 4 rings (SSSR count). The number of halogens is 1. The van der Waals surface area contributed by atoms with Crippen molar-refractivity contribution in [3.05, 3.63) is 29.3 Å². The third-order valence-corrected chi connectivity index (χ3v) is 7.36. The monoisotopic (exact) mass is 459 g/mol. The summed E-state index contributed by atoms with van der Waals surface area (Å²) in [5.41, 5.74) is 1.49. The van der Waals surface area contributed by atoms with Crippen molar-refractivity contribution in [2.75, 3.05) is 33.8 Å². The van der Waals surface area contributed by atoms with Crippen molar-refractivity contribution in [2.45, 2.75) is 64.2 Å². The highest BCUT2D eigenvalue weighted by molar-refractivity contribution is 5.88. The van der Waals surface area contributed by atoms with Crippen molar-refractivity contribution in [2.24, 2.45) is 0 Å². The van der Waals surface area contributed by atoms with E-state index < -0.39 is 11.5 Å². The zero-order valence-electron chi connectivity index (χ0n) is 20.2. The lowest BCUT2D eigenvalue weighted by Crippen LogP contribution is -2.58. The Kier molecular flexibility index (Phi) is 6.46. The number of likely N-dealkylation sites (tertiary alicyclic amines) is 1. The lowest BCUT2D eigenvalue weighted by Gasteiger charge is -2.42. The van der Waals surface area contributed by atoms with Crippen molar-refractivity contribution in [3.8, 4) is 0 Å². The van der Waals surface area contributed by atoms with Crippen LogP contribution in [0.3, 0.4) is 0 Å². The van der Waals surface area contributed by atoms with Gasteiger partial charge in [0.2, 0.25) is 5.91 Å². The SMILES string of the molecule is CCc1cc(F)cc2[nH]c(CN3CC4CCC(C3)N4CC(=O)N(C)C(C)(C)C(=O)OC)nc12. The van der Waals surface area contributed by atoms with Crippen molar-refractivity contribution in [3.63, 3.8) is 0 Å². The molecule has 0 aliphatic carbocycles. The smallest absolute Gasteiger partial charge is 0.331 e. The summed E-state index contributed by atoms with van der Waals surface area (Å²) in [7, 11) is 3.00. The third-order valence-electron chi connectivity index (χ3n) is 7.36. The second-order valence-electron chi connectivity index (χ2n) is 9.75. The van der Waals surface area contributed by atoms with Gasteiger partial charge in [0, 0.05) is 32.2 Å². The average molecular weight is 460 g/mol. The fourth-order valence-corrected chi connectivity index (χ4v) is 5.18. The van der Waals surface area contributed by atoms with Crippen LogP contribution in [0.5, 0.6) is 0 Å². The fourth-order valence-electron chi connectivity index (χ4n) is 5.18. The molecular formula is C24H34FN5O3. The van der Waals surface area contributed by atoms with Gasteiger partial charge >= 0.3 is 5.97 Å². The molecule has 8 nitrogen and oxygen atoms in total. The van der Waals surface area contributed by atoms with Gasteiger partial charge in [0.05, 0.1) is 31.2 Å². The Morgan fingerprint density at radius 3 is 2.55 bits per heavy atom. The van der Waals surface area contributed by atoms with E-state index in [-0.39, 0.29) is 23.8 Å². The molecule has 2 bridgehead atoms. The van der Waals surface area contributed by atoms with Gasteiger partial charge < -0.3 is 14.6 Å². The summed E-state index contributed by atoms with van der Waals surface area (Å²) in [6, 6.07) is 3.64. The number of benzene rings is 1. The summed E-state index contributed by atoms with van der Waals surface area (Å²) >= 11 is 0. The zero-order valence-corrected chi connectivity index (χ0v) is 20.2. The first-order chi connectivity index (χ1) is 15.6. The molecular weight excluding hydrogens is 425 g/mol. The number of H-pyrrole nitrogens is 1. The van der Waals surface area contributed by atoms with E-state index in [9.17, 15) is 14.0 Å². The molecule has 3 heterocycles. The average Bonchev–Trinajstić information content (AvgIpc) is 3.27. The number of piperazine rings is 1. The normalized spacial score (nSPS) is 21.5. The minimum Gasteiger partial charge on any atom is -0.467 e. The van der Waals surface area contributed by atoms with Crippen molar-refractivity contribution in [1.29, 1.82) is 0 Å². The second-order valence-corrected chi connectivity index (χ2v) is 9.75. The predicted octanol–water partition coefficient (Wildman–Crippen LogP) is 2.32. The Bertz CT molecular complexity index is 1040. The number of nitrogens with zero attached hydrogens (tertiary/aromatic N) is 4. The van der Waals surface area contributed by atoms with Gasteiger partial charge in [0.25, 0.3) is 0 Å². The number of esters is 1. The molecule has 2 saturated heterocycles. The number of imidazole rings is 1. The highest BCUT2D eigenvalue weighted by Crippen LogP contribution is 2.31. The Balaban J connectivity index is 1.41. The van der Waals surface area contributed by atoms with Crippen LogP contribution in [0.15, 0.2) is 12.1 Å². The molecule has 0 saturated carbocycles. The molecule has 9 heteroatoms. The molecule has 2 fully saturated rings. The Morgan fingerprint density at radius 2 is 1.94 bits per heavy atom. The van der Waals surface area contributed by atoms with Gasteiger partial charge in [0.15, 0.2) is 0 Å². The highest BCUT2D eigenvalue weighted by atomic mass is 19.1. The summed E-state index contributed by atoms with van der Waals surface area (Å²) in [6.07, 6.45) is 2.82.